The summed E-state index contributed by atoms with van der Waals surface area (Å²) in [6.45, 7) is 4.41. The van der Waals surface area contributed by atoms with Crippen LogP contribution in [0.4, 0.5) is 0 Å². The number of nitrogens with zero attached hydrogens (tertiary/aromatic N) is 1. The fraction of sp³-hybridized carbons (Fsp3) is 0.462. The van der Waals surface area contributed by atoms with Crippen LogP contribution in [0.5, 0.6) is 0 Å². The standard InChI is InChI=1S/C13H17NS/c1-11(2)9-15-10-13(8-14)12-6-4-3-5-7-12/h3-7,11,13H,9-10H2,1-2H3. The van der Waals surface area contributed by atoms with Gasteiger partial charge in [-0.3, -0.25) is 0 Å². The highest BCUT2D eigenvalue weighted by Crippen LogP contribution is 2.21. The molecule has 0 aliphatic carbocycles. The summed E-state index contributed by atoms with van der Waals surface area (Å²) in [7, 11) is 0. The summed E-state index contributed by atoms with van der Waals surface area (Å²) in [4.78, 5) is 0. The number of thioether (sulfide) groups is 1. The fourth-order valence-electron chi connectivity index (χ4n) is 1.31. The van der Waals surface area contributed by atoms with Crippen LogP contribution in [0.2, 0.25) is 0 Å². The molecule has 0 bridgehead atoms. The average Bonchev–Trinajstić information content (AvgIpc) is 2.25. The number of nitriles is 1. The van der Waals surface area contributed by atoms with Crippen LogP contribution in [0.3, 0.4) is 0 Å². The Morgan fingerprint density at radius 2 is 1.87 bits per heavy atom. The van der Waals surface area contributed by atoms with Gasteiger partial charge in [0, 0.05) is 5.75 Å². The Morgan fingerprint density at radius 3 is 2.40 bits per heavy atom. The maximum Gasteiger partial charge on any atom is 0.0803 e. The number of hydrogen-bond acceptors (Lipinski definition) is 2. The third-order valence-corrected chi connectivity index (χ3v) is 3.56. The van der Waals surface area contributed by atoms with E-state index in [9.17, 15) is 0 Å². The minimum atomic E-state index is 0.0370. The van der Waals surface area contributed by atoms with Crippen molar-refractivity contribution in [2.24, 2.45) is 5.92 Å². The van der Waals surface area contributed by atoms with Crippen molar-refractivity contribution in [3.05, 3.63) is 35.9 Å². The number of benzene rings is 1. The Labute approximate surface area is 96.5 Å². The average molecular weight is 219 g/mol. The van der Waals surface area contributed by atoms with Crippen LogP contribution in [-0.4, -0.2) is 11.5 Å². The summed E-state index contributed by atoms with van der Waals surface area (Å²) in [5.74, 6) is 2.77. The molecule has 0 amide bonds. The lowest BCUT2D eigenvalue weighted by molar-refractivity contribution is 0.749. The van der Waals surface area contributed by atoms with Crippen LogP contribution in [-0.2, 0) is 0 Å². The topological polar surface area (TPSA) is 23.8 Å². The van der Waals surface area contributed by atoms with E-state index in [1.54, 1.807) is 0 Å². The molecule has 1 unspecified atom stereocenters. The molecule has 0 heterocycles. The third-order valence-electron chi connectivity index (χ3n) is 2.09. The molecule has 1 aromatic rings. The van der Waals surface area contributed by atoms with Gasteiger partial charge >= 0.3 is 0 Å². The second-order valence-corrected chi connectivity index (χ2v) is 5.10. The van der Waals surface area contributed by atoms with Gasteiger partial charge in [0.15, 0.2) is 0 Å². The van der Waals surface area contributed by atoms with Crippen molar-refractivity contribution in [1.82, 2.24) is 0 Å². The van der Waals surface area contributed by atoms with Gasteiger partial charge in [0.2, 0.25) is 0 Å². The Hall–Kier alpha value is -0.940. The molecule has 1 atom stereocenters. The van der Waals surface area contributed by atoms with Gasteiger partial charge in [-0.05, 0) is 17.2 Å². The first-order valence-electron chi connectivity index (χ1n) is 5.26. The van der Waals surface area contributed by atoms with E-state index in [4.69, 9.17) is 5.26 Å². The van der Waals surface area contributed by atoms with E-state index in [0.29, 0.717) is 5.92 Å². The van der Waals surface area contributed by atoms with Gasteiger partial charge in [0.05, 0.1) is 12.0 Å². The molecule has 2 heteroatoms. The van der Waals surface area contributed by atoms with Gasteiger partial charge in [0.1, 0.15) is 0 Å². The summed E-state index contributed by atoms with van der Waals surface area (Å²) in [6.07, 6.45) is 0. The highest BCUT2D eigenvalue weighted by atomic mass is 32.2. The number of rotatable bonds is 5. The molecule has 0 aromatic heterocycles. The largest absolute Gasteiger partial charge is 0.198 e. The lowest BCUT2D eigenvalue weighted by atomic mass is 10.0. The zero-order valence-corrected chi connectivity index (χ0v) is 10.1. The van der Waals surface area contributed by atoms with Gasteiger partial charge in [-0.15, -0.1) is 0 Å². The van der Waals surface area contributed by atoms with Gasteiger partial charge < -0.3 is 0 Å². The van der Waals surface area contributed by atoms with Gasteiger partial charge in [-0.2, -0.15) is 17.0 Å². The molecule has 0 saturated carbocycles. The minimum absolute atomic E-state index is 0.0370. The smallest absolute Gasteiger partial charge is 0.0803 e. The second kappa shape index (κ2) is 6.53. The predicted octanol–water partition coefficient (Wildman–Crippen LogP) is 3.68. The molecule has 0 fully saturated rings. The molecule has 1 rings (SSSR count). The van der Waals surface area contributed by atoms with Crippen molar-refractivity contribution < 1.29 is 0 Å². The van der Waals surface area contributed by atoms with Crippen LogP contribution < -0.4 is 0 Å². The molecule has 15 heavy (non-hydrogen) atoms. The summed E-state index contributed by atoms with van der Waals surface area (Å²) in [6, 6.07) is 12.4. The molecule has 0 saturated heterocycles. The van der Waals surface area contributed by atoms with E-state index in [2.05, 4.69) is 19.9 Å². The molecule has 0 radical (unpaired) electrons. The van der Waals surface area contributed by atoms with Crippen LogP contribution >= 0.6 is 11.8 Å². The first-order valence-corrected chi connectivity index (χ1v) is 6.41. The molecule has 1 nitrogen and oxygen atoms in total. The Kier molecular flexibility index (Phi) is 5.28. The van der Waals surface area contributed by atoms with Crippen molar-refractivity contribution in [2.75, 3.05) is 11.5 Å². The van der Waals surface area contributed by atoms with Crippen molar-refractivity contribution in [3.8, 4) is 6.07 Å². The summed E-state index contributed by atoms with van der Waals surface area (Å²) in [5.41, 5.74) is 1.14. The molecule has 0 aliphatic heterocycles. The Morgan fingerprint density at radius 1 is 1.20 bits per heavy atom. The number of hydrogen-bond donors (Lipinski definition) is 0. The summed E-state index contributed by atoms with van der Waals surface area (Å²) >= 11 is 1.87. The molecule has 1 aromatic carbocycles. The first kappa shape index (κ1) is 12.1. The van der Waals surface area contributed by atoms with E-state index in [0.717, 1.165) is 17.1 Å². The summed E-state index contributed by atoms with van der Waals surface area (Å²) < 4.78 is 0. The van der Waals surface area contributed by atoms with Gasteiger partial charge in [0.25, 0.3) is 0 Å². The summed E-state index contributed by atoms with van der Waals surface area (Å²) in [5, 5.41) is 9.08. The zero-order valence-electron chi connectivity index (χ0n) is 9.31. The molecule has 0 spiro atoms. The Bertz CT molecular complexity index is 313. The third kappa shape index (κ3) is 4.40. The SMILES string of the molecule is CC(C)CSCC(C#N)c1ccccc1. The molecular weight excluding hydrogens is 202 g/mol. The monoisotopic (exact) mass is 219 g/mol. The maximum absolute atomic E-state index is 9.08. The zero-order chi connectivity index (χ0) is 11.1. The van der Waals surface area contributed by atoms with E-state index >= 15 is 0 Å². The van der Waals surface area contributed by atoms with Gasteiger partial charge in [-0.25, -0.2) is 0 Å². The lowest BCUT2D eigenvalue weighted by Gasteiger charge is -2.10. The lowest BCUT2D eigenvalue weighted by Crippen LogP contribution is -2.01. The van der Waals surface area contributed by atoms with E-state index in [-0.39, 0.29) is 5.92 Å². The highest BCUT2D eigenvalue weighted by molar-refractivity contribution is 7.99. The van der Waals surface area contributed by atoms with Crippen LogP contribution in [0, 0.1) is 17.2 Å². The molecular formula is C13H17NS. The molecule has 0 N–H and O–H groups in total. The van der Waals surface area contributed by atoms with Crippen LogP contribution in [0.15, 0.2) is 30.3 Å². The quantitative estimate of drug-likeness (QED) is 0.754. The predicted molar refractivity (Wildman–Crippen MR) is 67.0 cm³/mol. The van der Waals surface area contributed by atoms with Crippen molar-refractivity contribution in [3.63, 3.8) is 0 Å². The van der Waals surface area contributed by atoms with E-state index < -0.39 is 0 Å². The van der Waals surface area contributed by atoms with Crippen molar-refractivity contribution in [2.45, 2.75) is 19.8 Å². The Balaban J connectivity index is 2.48. The second-order valence-electron chi connectivity index (χ2n) is 4.02. The van der Waals surface area contributed by atoms with Crippen LogP contribution in [0.1, 0.15) is 25.3 Å². The van der Waals surface area contributed by atoms with E-state index in [1.165, 1.54) is 0 Å². The van der Waals surface area contributed by atoms with Crippen LogP contribution in [0.25, 0.3) is 0 Å². The van der Waals surface area contributed by atoms with Crippen molar-refractivity contribution in [1.29, 1.82) is 5.26 Å². The first-order chi connectivity index (χ1) is 7.24. The minimum Gasteiger partial charge on any atom is -0.198 e. The van der Waals surface area contributed by atoms with Gasteiger partial charge in [-0.1, -0.05) is 44.2 Å². The molecule has 80 valence electrons. The fourth-order valence-corrected chi connectivity index (χ4v) is 2.43. The molecule has 0 aliphatic rings. The van der Waals surface area contributed by atoms with E-state index in [1.807, 2.05) is 42.1 Å². The normalized spacial score (nSPS) is 12.4. The highest BCUT2D eigenvalue weighted by Gasteiger charge is 2.09. The van der Waals surface area contributed by atoms with Crippen molar-refractivity contribution >= 4 is 11.8 Å². The maximum atomic E-state index is 9.08.